The maximum Gasteiger partial charge on any atom is 0.460 e. The van der Waals surface area contributed by atoms with Crippen LogP contribution in [0.2, 0.25) is 0 Å². The molecule has 5 nitrogen and oxygen atoms in total. The van der Waals surface area contributed by atoms with Crippen LogP contribution in [0.4, 0.5) is 39.5 Å². The van der Waals surface area contributed by atoms with Gasteiger partial charge in [0, 0.05) is 13.1 Å². The molecule has 15 heteroatoms. The normalized spacial score (nSPS) is 16.5. The van der Waals surface area contributed by atoms with Crippen molar-refractivity contribution in [3.8, 4) is 0 Å². The molecule has 1 unspecified atom stereocenters. The van der Waals surface area contributed by atoms with Gasteiger partial charge < -0.3 is 10.2 Å². The van der Waals surface area contributed by atoms with E-state index in [1.807, 2.05) is 0 Å². The molecule has 0 aliphatic heterocycles. The Labute approximate surface area is 129 Å². The van der Waals surface area contributed by atoms with Gasteiger partial charge in [-0.15, -0.1) is 0 Å². The number of aliphatic hydroxyl groups is 2. The highest BCUT2D eigenvalue weighted by atomic mass is 32.2. The Morgan fingerprint density at radius 1 is 0.958 bits per heavy atom. The number of hydrogen-bond acceptors (Lipinski definition) is 4. The molecule has 0 aromatic carbocycles. The molecule has 2 N–H and O–H groups in total. The van der Waals surface area contributed by atoms with Crippen molar-refractivity contribution in [1.29, 1.82) is 0 Å². The zero-order valence-corrected chi connectivity index (χ0v) is 12.5. The molecule has 0 fully saturated rings. The average molecular weight is 401 g/mol. The van der Waals surface area contributed by atoms with Crippen LogP contribution in [0.5, 0.6) is 0 Å². The Balaban J connectivity index is 6.17. The second kappa shape index (κ2) is 6.84. The molecule has 0 aromatic rings. The highest BCUT2D eigenvalue weighted by Crippen LogP contribution is 2.55. The quantitative estimate of drug-likeness (QED) is 0.604. The third-order valence-electron chi connectivity index (χ3n) is 2.60. The van der Waals surface area contributed by atoms with Gasteiger partial charge >= 0.3 is 23.3 Å². The molecule has 0 saturated carbocycles. The van der Waals surface area contributed by atoms with Gasteiger partial charge in [0.2, 0.25) is 0 Å². The molecule has 1 atom stereocenters. The Morgan fingerprint density at radius 3 is 1.67 bits per heavy atom. The fourth-order valence-electron chi connectivity index (χ4n) is 1.40. The first-order valence-electron chi connectivity index (χ1n) is 5.86. The average Bonchev–Trinajstić information content (AvgIpc) is 2.35. The van der Waals surface area contributed by atoms with Crippen molar-refractivity contribution in [3.63, 3.8) is 0 Å². The minimum Gasteiger partial charge on any atom is -0.395 e. The lowest BCUT2D eigenvalue weighted by atomic mass is 10.1. The van der Waals surface area contributed by atoms with Crippen LogP contribution in [0, 0.1) is 0 Å². The van der Waals surface area contributed by atoms with Crippen LogP contribution < -0.4 is 0 Å². The molecule has 0 spiro atoms. The molecule has 0 aromatic heterocycles. The van der Waals surface area contributed by atoms with Crippen molar-refractivity contribution in [1.82, 2.24) is 4.31 Å². The van der Waals surface area contributed by atoms with Crippen molar-refractivity contribution in [2.45, 2.75) is 36.3 Å². The lowest BCUT2D eigenvalue weighted by molar-refractivity contribution is -0.382. The Hall–Kier alpha value is -0.800. The zero-order valence-electron chi connectivity index (χ0n) is 11.7. The Kier molecular flexibility index (Phi) is 6.61. The number of sulfonamides is 1. The van der Waals surface area contributed by atoms with Gasteiger partial charge in [-0.25, -0.2) is 8.42 Å². The fourth-order valence-corrected chi connectivity index (χ4v) is 2.91. The summed E-state index contributed by atoms with van der Waals surface area (Å²) in [5.74, 6) is -14.7. The number of aliphatic hydroxyl groups excluding tert-OH is 2. The van der Waals surface area contributed by atoms with E-state index in [-0.39, 0.29) is 0 Å². The van der Waals surface area contributed by atoms with Crippen LogP contribution in [0.1, 0.15) is 6.92 Å². The largest absolute Gasteiger partial charge is 0.460 e. The number of hydrogen-bond donors (Lipinski definition) is 2. The molecule has 146 valence electrons. The van der Waals surface area contributed by atoms with Crippen molar-refractivity contribution in [3.05, 3.63) is 0 Å². The van der Waals surface area contributed by atoms with E-state index in [0.29, 0.717) is 0 Å². The summed E-state index contributed by atoms with van der Waals surface area (Å²) in [5.41, 5.74) is 0. The standard InChI is InChI=1S/C9H12F9NO4S/c1-5(21)4-19(2-3-20)24(22,23)9(17,18)7(12,13)6(10,11)8(14,15)16/h5,20-21H,2-4H2,1H3. The third kappa shape index (κ3) is 3.72. The highest BCUT2D eigenvalue weighted by Gasteiger charge is 2.85. The van der Waals surface area contributed by atoms with Crippen LogP contribution in [-0.4, -0.2) is 72.0 Å². The monoisotopic (exact) mass is 401 g/mol. The van der Waals surface area contributed by atoms with Gasteiger partial charge in [0.15, 0.2) is 0 Å². The molecule has 0 saturated heterocycles. The second-order valence-electron chi connectivity index (χ2n) is 4.60. The smallest absolute Gasteiger partial charge is 0.395 e. The third-order valence-corrected chi connectivity index (χ3v) is 4.51. The first-order valence-corrected chi connectivity index (χ1v) is 7.30. The molecular weight excluding hydrogens is 389 g/mol. The van der Waals surface area contributed by atoms with E-state index in [9.17, 15) is 47.9 Å². The van der Waals surface area contributed by atoms with E-state index in [1.54, 1.807) is 0 Å². The summed E-state index contributed by atoms with van der Waals surface area (Å²) in [6.07, 6.45) is -8.94. The van der Waals surface area contributed by atoms with Crippen molar-refractivity contribution in [2.24, 2.45) is 0 Å². The summed E-state index contributed by atoms with van der Waals surface area (Å²) in [7, 11) is -6.81. The summed E-state index contributed by atoms with van der Waals surface area (Å²) < 4.78 is 137. The van der Waals surface area contributed by atoms with Crippen LogP contribution >= 0.6 is 0 Å². The first kappa shape index (κ1) is 23.2. The van der Waals surface area contributed by atoms with Crippen LogP contribution in [0.3, 0.4) is 0 Å². The zero-order chi connectivity index (χ0) is 19.8. The molecule has 0 rings (SSSR count). The fraction of sp³-hybridized carbons (Fsp3) is 1.00. The summed E-state index contributed by atoms with van der Waals surface area (Å²) in [4.78, 5) is 0. The van der Waals surface area contributed by atoms with Crippen molar-refractivity contribution in [2.75, 3.05) is 19.7 Å². The molecule has 0 heterocycles. The van der Waals surface area contributed by atoms with Crippen LogP contribution in [0.25, 0.3) is 0 Å². The maximum atomic E-state index is 13.5. The SMILES string of the molecule is CC(O)CN(CCO)S(=O)(=O)C(F)(F)C(F)(F)C(F)(F)C(F)(F)F. The molecule has 0 aliphatic carbocycles. The predicted molar refractivity (Wildman–Crippen MR) is 60.2 cm³/mol. The lowest BCUT2D eigenvalue weighted by Gasteiger charge is -2.35. The minimum absolute atomic E-state index is 0.710. The van der Waals surface area contributed by atoms with E-state index in [0.717, 1.165) is 6.92 Å². The first-order chi connectivity index (χ1) is 10.4. The maximum absolute atomic E-state index is 13.5. The van der Waals surface area contributed by atoms with E-state index in [1.165, 1.54) is 0 Å². The van der Waals surface area contributed by atoms with Crippen molar-refractivity contribution < 1.29 is 58.1 Å². The Bertz CT molecular complexity index is 532. The predicted octanol–water partition coefficient (Wildman–Crippen LogP) is 1.42. The number of alkyl halides is 9. The Morgan fingerprint density at radius 2 is 1.38 bits per heavy atom. The highest BCUT2D eigenvalue weighted by molar-refractivity contribution is 7.90. The second-order valence-corrected chi connectivity index (χ2v) is 6.58. The van der Waals surface area contributed by atoms with Gasteiger partial charge in [-0.3, -0.25) is 0 Å². The van der Waals surface area contributed by atoms with Gasteiger partial charge in [0.25, 0.3) is 10.0 Å². The number of rotatable bonds is 8. The number of halogens is 9. The number of nitrogens with zero attached hydrogens (tertiary/aromatic N) is 1. The van der Waals surface area contributed by atoms with Gasteiger partial charge in [-0.05, 0) is 6.92 Å². The topological polar surface area (TPSA) is 77.8 Å². The van der Waals surface area contributed by atoms with E-state index >= 15 is 0 Å². The molecular formula is C9H12F9NO4S. The van der Waals surface area contributed by atoms with Gasteiger partial charge in [-0.2, -0.15) is 43.8 Å². The summed E-state index contributed by atoms with van der Waals surface area (Å²) in [6, 6.07) is 0. The van der Waals surface area contributed by atoms with Gasteiger partial charge in [-0.1, -0.05) is 0 Å². The van der Waals surface area contributed by atoms with Crippen LogP contribution in [0.15, 0.2) is 0 Å². The molecule has 24 heavy (non-hydrogen) atoms. The van der Waals surface area contributed by atoms with Crippen LogP contribution in [-0.2, 0) is 10.0 Å². The molecule has 0 aliphatic rings. The minimum atomic E-state index is -7.37. The van der Waals surface area contributed by atoms with Gasteiger partial charge in [0.05, 0.1) is 12.7 Å². The summed E-state index contributed by atoms with van der Waals surface area (Å²) >= 11 is 0. The lowest BCUT2D eigenvalue weighted by Crippen LogP contribution is -2.65. The van der Waals surface area contributed by atoms with E-state index < -0.39 is 63.4 Å². The molecule has 0 bridgehead atoms. The van der Waals surface area contributed by atoms with E-state index in [2.05, 4.69) is 0 Å². The van der Waals surface area contributed by atoms with Gasteiger partial charge in [0.1, 0.15) is 0 Å². The van der Waals surface area contributed by atoms with E-state index in [4.69, 9.17) is 10.2 Å². The van der Waals surface area contributed by atoms with Crippen molar-refractivity contribution >= 4 is 10.0 Å². The summed E-state index contributed by atoms with van der Waals surface area (Å²) in [5, 5.41) is 10.6. The molecule has 0 amide bonds. The molecule has 0 radical (unpaired) electrons. The summed E-state index contributed by atoms with van der Waals surface area (Å²) in [6.45, 7) is -3.17.